The Morgan fingerprint density at radius 3 is 2.65 bits per heavy atom. The van der Waals surface area contributed by atoms with Crippen LogP contribution in [0.3, 0.4) is 0 Å². The highest BCUT2D eigenvalue weighted by atomic mass is 19.1. The number of hydrogen-bond acceptors (Lipinski definition) is 3. The molecule has 0 aromatic heterocycles. The largest absolute Gasteiger partial charge is 0.466 e. The van der Waals surface area contributed by atoms with Crippen molar-refractivity contribution in [2.75, 3.05) is 13.2 Å². The fourth-order valence-electron chi connectivity index (χ4n) is 1.48. The van der Waals surface area contributed by atoms with Crippen molar-refractivity contribution >= 4 is 18.0 Å². The van der Waals surface area contributed by atoms with Crippen LogP contribution in [0.2, 0.25) is 0 Å². The van der Waals surface area contributed by atoms with E-state index in [1.165, 1.54) is 18.2 Å². The van der Waals surface area contributed by atoms with Crippen LogP contribution >= 0.6 is 0 Å². The van der Waals surface area contributed by atoms with Crippen molar-refractivity contribution in [1.82, 2.24) is 5.32 Å². The summed E-state index contributed by atoms with van der Waals surface area (Å²) in [5.74, 6) is -0.827. The fraction of sp³-hybridized carbons (Fsp3) is 0.333. The van der Waals surface area contributed by atoms with Crippen molar-refractivity contribution in [2.45, 2.75) is 19.8 Å². The van der Waals surface area contributed by atoms with Crippen LogP contribution in [0.4, 0.5) is 4.39 Å². The summed E-state index contributed by atoms with van der Waals surface area (Å²) in [6.45, 7) is 2.52. The average Bonchev–Trinajstić information content (AvgIpc) is 2.43. The average molecular weight is 279 g/mol. The molecule has 0 aliphatic carbocycles. The van der Waals surface area contributed by atoms with E-state index in [2.05, 4.69) is 5.32 Å². The van der Waals surface area contributed by atoms with Gasteiger partial charge < -0.3 is 10.1 Å². The fourth-order valence-corrected chi connectivity index (χ4v) is 1.48. The van der Waals surface area contributed by atoms with E-state index in [1.54, 1.807) is 25.1 Å². The highest BCUT2D eigenvalue weighted by Gasteiger charge is 2.01. The van der Waals surface area contributed by atoms with E-state index in [-0.39, 0.29) is 24.1 Å². The lowest BCUT2D eigenvalue weighted by Crippen LogP contribution is -2.22. The van der Waals surface area contributed by atoms with Gasteiger partial charge in [-0.1, -0.05) is 12.1 Å². The van der Waals surface area contributed by atoms with Crippen LogP contribution in [0, 0.1) is 5.82 Å². The van der Waals surface area contributed by atoms with Crippen molar-refractivity contribution in [1.29, 1.82) is 0 Å². The standard InChI is InChI=1S/C15H18FNO3/c1-2-20-15(19)4-3-11-17-14(18)10-7-12-5-8-13(16)9-6-12/h5-10H,2-4,11H2,1H3,(H,17,18). The summed E-state index contributed by atoms with van der Waals surface area (Å²) in [6.07, 6.45) is 3.79. The number of carbonyl (C=O) groups excluding carboxylic acids is 2. The predicted octanol–water partition coefficient (Wildman–Crippen LogP) is 2.30. The molecule has 1 aromatic carbocycles. The first-order valence-electron chi connectivity index (χ1n) is 6.49. The first-order chi connectivity index (χ1) is 9.61. The van der Waals surface area contributed by atoms with Gasteiger partial charge in [-0.05, 0) is 37.1 Å². The molecule has 108 valence electrons. The van der Waals surface area contributed by atoms with E-state index in [9.17, 15) is 14.0 Å². The van der Waals surface area contributed by atoms with E-state index < -0.39 is 0 Å². The van der Waals surface area contributed by atoms with Gasteiger partial charge in [-0.15, -0.1) is 0 Å². The molecule has 5 heteroatoms. The smallest absolute Gasteiger partial charge is 0.305 e. The summed E-state index contributed by atoms with van der Waals surface area (Å²) >= 11 is 0. The second-order valence-electron chi connectivity index (χ2n) is 4.08. The Hall–Kier alpha value is -2.17. The zero-order valence-corrected chi connectivity index (χ0v) is 11.4. The van der Waals surface area contributed by atoms with Gasteiger partial charge in [0.05, 0.1) is 6.61 Å². The van der Waals surface area contributed by atoms with Gasteiger partial charge in [0.1, 0.15) is 5.82 Å². The predicted molar refractivity (Wildman–Crippen MR) is 74.3 cm³/mol. The topological polar surface area (TPSA) is 55.4 Å². The number of esters is 1. The van der Waals surface area contributed by atoms with Gasteiger partial charge in [-0.2, -0.15) is 0 Å². The summed E-state index contributed by atoms with van der Waals surface area (Å²) in [5.41, 5.74) is 0.744. The lowest BCUT2D eigenvalue weighted by atomic mass is 10.2. The molecule has 1 amide bonds. The summed E-state index contributed by atoms with van der Waals surface area (Å²) < 4.78 is 17.4. The third kappa shape index (κ3) is 6.68. The van der Waals surface area contributed by atoms with Crippen LogP contribution in [0.1, 0.15) is 25.3 Å². The molecule has 0 saturated heterocycles. The number of benzene rings is 1. The highest BCUT2D eigenvalue weighted by molar-refractivity contribution is 5.91. The molecule has 0 aliphatic rings. The Kier molecular flexibility index (Phi) is 7.03. The van der Waals surface area contributed by atoms with E-state index in [1.807, 2.05) is 0 Å². The van der Waals surface area contributed by atoms with Crippen molar-refractivity contribution in [3.63, 3.8) is 0 Å². The van der Waals surface area contributed by atoms with Gasteiger partial charge in [0.15, 0.2) is 0 Å². The highest BCUT2D eigenvalue weighted by Crippen LogP contribution is 2.04. The van der Waals surface area contributed by atoms with Crippen LogP contribution in [-0.4, -0.2) is 25.0 Å². The molecule has 0 fully saturated rings. The van der Waals surface area contributed by atoms with Crippen molar-refractivity contribution in [3.8, 4) is 0 Å². The van der Waals surface area contributed by atoms with Gasteiger partial charge in [-0.3, -0.25) is 9.59 Å². The lowest BCUT2D eigenvalue weighted by molar-refractivity contribution is -0.143. The van der Waals surface area contributed by atoms with Gasteiger partial charge in [0.2, 0.25) is 5.91 Å². The molecule has 0 heterocycles. The normalized spacial score (nSPS) is 10.5. The molecule has 0 bridgehead atoms. The van der Waals surface area contributed by atoms with Crippen LogP contribution < -0.4 is 5.32 Å². The molecule has 1 rings (SSSR count). The monoisotopic (exact) mass is 279 g/mol. The number of hydrogen-bond donors (Lipinski definition) is 1. The molecule has 0 saturated carbocycles. The summed E-state index contributed by atoms with van der Waals surface area (Å²) in [6, 6.07) is 5.83. The van der Waals surface area contributed by atoms with Crippen molar-refractivity contribution < 1.29 is 18.7 Å². The zero-order chi connectivity index (χ0) is 14.8. The van der Waals surface area contributed by atoms with Gasteiger partial charge in [0.25, 0.3) is 0 Å². The number of halogens is 1. The Morgan fingerprint density at radius 1 is 1.30 bits per heavy atom. The first-order valence-corrected chi connectivity index (χ1v) is 6.49. The number of amides is 1. The van der Waals surface area contributed by atoms with E-state index in [0.29, 0.717) is 19.6 Å². The molecule has 0 unspecified atom stereocenters. The molecular formula is C15H18FNO3. The Morgan fingerprint density at radius 2 is 2.00 bits per heavy atom. The Balaban J connectivity index is 2.23. The molecule has 20 heavy (non-hydrogen) atoms. The minimum atomic E-state index is -0.314. The maximum atomic E-state index is 12.7. The maximum absolute atomic E-state index is 12.7. The molecule has 4 nitrogen and oxygen atoms in total. The minimum absolute atomic E-state index is 0.252. The van der Waals surface area contributed by atoms with Crippen LogP contribution in [0.25, 0.3) is 6.08 Å². The van der Waals surface area contributed by atoms with Crippen molar-refractivity contribution in [3.05, 3.63) is 41.7 Å². The molecule has 1 aromatic rings. The third-order valence-corrected chi connectivity index (χ3v) is 2.46. The third-order valence-electron chi connectivity index (χ3n) is 2.46. The van der Waals surface area contributed by atoms with E-state index in [0.717, 1.165) is 5.56 Å². The van der Waals surface area contributed by atoms with Gasteiger partial charge >= 0.3 is 5.97 Å². The molecule has 1 N–H and O–H groups in total. The van der Waals surface area contributed by atoms with Crippen LogP contribution in [0.5, 0.6) is 0 Å². The maximum Gasteiger partial charge on any atom is 0.305 e. The number of nitrogens with one attached hydrogen (secondary N) is 1. The quantitative estimate of drug-likeness (QED) is 0.473. The molecular weight excluding hydrogens is 261 g/mol. The second kappa shape index (κ2) is 8.85. The molecule has 0 radical (unpaired) electrons. The second-order valence-corrected chi connectivity index (χ2v) is 4.08. The SMILES string of the molecule is CCOC(=O)CCCNC(=O)C=Cc1ccc(F)cc1. The number of carbonyl (C=O) groups is 2. The van der Waals surface area contributed by atoms with Crippen LogP contribution in [0.15, 0.2) is 30.3 Å². The Bertz CT molecular complexity index is 469. The van der Waals surface area contributed by atoms with Gasteiger partial charge in [0, 0.05) is 19.0 Å². The van der Waals surface area contributed by atoms with Crippen LogP contribution in [-0.2, 0) is 14.3 Å². The van der Waals surface area contributed by atoms with Crippen molar-refractivity contribution in [2.24, 2.45) is 0 Å². The summed E-state index contributed by atoms with van der Waals surface area (Å²) in [7, 11) is 0. The summed E-state index contributed by atoms with van der Waals surface area (Å²) in [4.78, 5) is 22.5. The zero-order valence-electron chi connectivity index (χ0n) is 11.4. The van der Waals surface area contributed by atoms with E-state index >= 15 is 0 Å². The number of rotatable bonds is 7. The number of ether oxygens (including phenoxy) is 1. The minimum Gasteiger partial charge on any atom is -0.466 e. The molecule has 0 atom stereocenters. The Labute approximate surface area is 117 Å². The first kappa shape index (κ1) is 15.9. The molecule has 0 spiro atoms. The lowest BCUT2D eigenvalue weighted by Gasteiger charge is -2.02. The molecule has 0 aliphatic heterocycles. The summed E-state index contributed by atoms with van der Waals surface area (Å²) in [5, 5.41) is 2.65. The van der Waals surface area contributed by atoms with E-state index in [4.69, 9.17) is 4.74 Å². The van der Waals surface area contributed by atoms with Gasteiger partial charge in [-0.25, -0.2) is 4.39 Å².